The predicted octanol–water partition coefficient (Wildman–Crippen LogP) is 5.13. The van der Waals surface area contributed by atoms with Crippen LogP contribution in [0.1, 0.15) is 29.9 Å². The van der Waals surface area contributed by atoms with Gasteiger partial charge in [0.15, 0.2) is 11.6 Å². The summed E-state index contributed by atoms with van der Waals surface area (Å²) in [6.07, 6.45) is 1.54. The van der Waals surface area contributed by atoms with Gasteiger partial charge in [0.1, 0.15) is 22.6 Å². The highest BCUT2D eigenvalue weighted by Gasteiger charge is 2.36. The molecule has 0 aliphatic heterocycles. The smallest absolute Gasteiger partial charge is 0.323 e. The van der Waals surface area contributed by atoms with Gasteiger partial charge in [-0.3, -0.25) is 24.0 Å². The number of fused-ring (bicyclic) bond motifs is 1. The second kappa shape index (κ2) is 12.2. The molecule has 45 heavy (non-hydrogen) atoms. The summed E-state index contributed by atoms with van der Waals surface area (Å²) in [7, 11) is 1.55. The molecule has 0 bridgehead atoms. The van der Waals surface area contributed by atoms with Crippen LogP contribution in [-0.2, 0) is 11.3 Å². The van der Waals surface area contributed by atoms with Crippen LogP contribution < -0.4 is 26.1 Å². The van der Waals surface area contributed by atoms with E-state index in [0.29, 0.717) is 28.1 Å². The molecule has 1 amide bonds. The molecule has 0 spiro atoms. The Bertz CT molecular complexity index is 1970. The van der Waals surface area contributed by atoms with Gasteiger partial charge in [0, 0.05) is 41.9 Å². The third-order valence-corrected chi connectivity index (χ3v) is 7.88. The lowest BCUT2D eigenvalue weighted by Crippen LogP contribution is -2.52. The molecule has 0 saturated heterocycles. The van der Waals surface area contributed by atoms with E-state index < -0.39 is 34.7 Å². The number of benzene rings is 3. The summed E-state index contributed by atoms with van der Waals surface area (Å²) in [5.41, 5.74) is 5.13. The molecule has 5 aromatic rings. The van der Waals surface area contributed by atoms with Crippen LogP contribution in [0.5, 0.6) is 17.2 Å². The number of pyridine rings is 1. The molecule has 0 aliphatic rings. The van der Waals surface area contributed by atoms with Gasteiger partial charge in [-0.15, -0.1) is 0 Å². The van der Waals surface area contributed by atoms with Crippen molar-refractivity contribution in [2.45, 2.75) is 32.9 Å². The highest BCUT2D eigenvalue weighted by atomic mass is 19.1. The first-order chi connectivity index (χ1) is 21.4. The monoisotopic (exact) mass is 613 g/mol. The molecule has 2 heterocycles. The maximum atomic E-state index is 15.2. The Morgan fingerprint density at radius 1 is 1.09 bits per heavy atom. The number of nitrogens with two attached hydrogens (primary N) is 1. The zero-order valence-corrected chi connectivity index (χ0v) is 25.1. The van der Waals surface area contributed by atoms with E-state index in [1.807, 2.05) is 0 Å². The largest absolute Gasteiger partial charge is 0.497 e. The average Bonchev–Trinajstić information content (AvgIpc) is 3.26. The van der Waals surface area contributed by atoms with Crippen LogP contribution in [0.25, 0.3) is 16.6 Å². The summed E-state index contributed by atoms with van der Waals surface area (Å²) < 4.78 is 29.2. The molecule has 0 saturated carbocycles. The lowest BCUT2D eigenvalue weighted by Gasteiger charge is -2.28. The van der Waals surface area contributed by atoms with E-state index in [2.05, 4.69) is 10.3 Å². The first-order valence-electron chi connectivity index (χ1n) is 14.0. The van der Waals surface area contributed by atoms with Crippen molar-refractivity contribution in [1.82, 2.24) is 14.3 Å². The second-order valence-electron chi connectivity index (χ2n) is 10.9. The molecule has 2 atom stereocenters. The van der Waals surface area contributed by atoms with Crippen LogP contribution in [0, 0.1) is 18.7 Å². The molecule has 0 unspecified atom stereocenters. The van der Waals surface area contributed by atoms with Gasteiger partial charge in [-0.2, -0.15) is 0 Å². The molecular formula is C33H32FN5O6. The number of aromatic nitrogens is 3. The number of rotatable bonds is 10. The molecule has 232 valence electrons. The van der Waals surface area contributed by atoms with Crippen molar-refractivity contribution in [3.63, 3.8) is 0 Å². The van der Waals surface area contributed by atoms with E-state index in [1.165, 1.54) is 34.6 Å². The fourth-order valence-electron chi connectivity index (χ4n) is 4.91. The standard InChI is InChI=1S/C33H32FN5O6/c1-19(33(3,35)32(42)43)18-38-20(2)29(31(41)39(38)22-8-6-5-7-9-22)30(40)37-21-10-13-28(25(34)16-21)45-27-14-15-36-26-17-23(44-4)11-12-24(26)27/h5-17,19H,18,35H2,1-4H3,(H,37,40)(H,42,43)/t19-,33-/m0/s1. The molecule has 11 nitrogen and oxygen atoms in total. The number of nitrogens with zero attached hydrogens (tertiary/aromatic N) is 3. The van der Waals surface area contributed by atoms with Crippen LogP contribution >= 0.6 is 0 Å². The highest BCUT2D eigenvalue weighted by molar-refractivity contribution is 6.05. The van der Waals surface area contributed by atoms with Crippen molar-refractivity contribution in [1.29, 1.82) is 0 Å². The van der Waals surface area contributed by atoms with Crippen LogP contribution in [0.2, 0.25) is 0 Å². The summed E-state index contributed by atoms with van der Waals surface area (Å²) in [6, 6.07) is 19.4. The number of carboxylic acid groups (broad SMARTS) is 1. The number of hydrogen-bond acceptors (Lipinski definition) is 7. The fourth-order valence-corrected chi connectivity index (χ4v) is 4.91. The Balaban J connectivity index is 1.44. The zero-order valence-electron chi connectivity index (χ0n) is 25.1. The molecule has 4 N–H and O–H groups in total. The number of carbonyl (C=O) groups is 2. The van der Waals surface area contributed by atoms with Crippen LogP contribution in [0.3, 0.4) is 0 Å². The number of amides is 1. The van der Waals surface area contributed by atoms with Gasteiger partial charge in [0.2, 0.25) is 0 Å². The third kappa shape index (κ3) is 6.00. The quantitative estimate of drug-likeness (QED) is 0.196. The molecule has 0 fully saturated rings. The Kier molecular flexibility index (Phi) is 8.42. The molecule has 12 heteroatoms. The van der Waals surface area contributed by atoms with Crippen molar-refractivity contribution in [3.8, 4) is 22.9 Å². The molecule has 3 aromatic carbocycles. The number of methoxy groups -OCH3 is 1. The summed E-state index contributed by atoms with van der Waals surface area (Å²) in [5, 5.41) is 12.9. The first kappa shape index (κ1) is 31.0. The normalized spacial score (nSPS) is 13.2. The van der Waals surface area contributed by atoms with E-state index in [9.17, 15) is 19.5 Å². The van der Waals surface area contributed by atoms with Gasteiger partial charge in [0.25, 0.3) is 11.5 Å². The minimum atomic E-state index is -1.60. The summed E-state index contributed by atoms with van der Waals surface area (Å²) in [5.74, 6) is -2.42. The van der Waals surface area contributed by atoms with E-state index >= 15 is 4.39 Å². The Morgan fingerprint density at radius 2 is 1.82 bits per heavy atom. The minimum Gasteiger partial charge on any atom is -0.497 e. The molecule has 2 aromatic heterocycles. The highest BCUT2D eigenvalue weighted by Crippen LogP contribution is 2.33. The number of carbonyl (C=O) groups excluding carboxylic acids is 1. The summed E-state index contributed by atoms with van der Waals surface area (Å²) in [4.78, 5) is 43.3. The van der Waals surface area contributed by atoms with Gasteiger partial charge < -0.3 is 25.6 Å². The number of nitrogens with one attached hydrogen (secondary N) is 1. The molecular weight excluding hydrogens is 581 g/mol. The lowest BCUT2D eigenvalue weighted by molar-refractivity contribution is -0.144. The minimum absolute atomic E-state index is 0.0275. The van der Waals surface area contributed by atoms with Gasteiger partial charge in [-0.05, 0) is 56.3 Å². The Morgan fingerprint density at radius 3 is 2.49 bits per heavy atom. The van der Waals surface area contributed by atoms with Crippen molar-refractivity contribution in [3.05, 3.63) is 106 Å². The zero-order chi connectivity index (χ0) is 32.5. The average molecular weight is 614 g/mol. The Labute approximate surface area is 257 Å². The number of para-hydroxylation sites is 1. The summed E-state index contributed by atoms with van der Waals surface area (Å²) >= 11 is 0. The van der Waals surface area contributed by atoms with Gasteiger partial charge in [-0.25, -0.2) is 9.07 Å². The Hall–Kier alpha value is -5.49. The second-order valence-corrected chi connectivity index (χ2v) is 10.9. The number of ether oxygens (including phenoxy) is 2. The predicted molar refractivity (Wildman–Crippen MR) is 167 cm³/mol. The van der Waals surface area contributed by atoms with Crippen molar-refractivity contribution >= 4 is 28.5 Å². The molecule has 0 aliphatic carbocycles. The van der Waals surface area contributed by atoms with Gasteiger partial charge in [-0.1, -0.05) is 25.1 Å². The van der Waals surface area contributed by atoms with Gasteiger partial charge in [0.05, 0.1) is 24.0 Å². The number of halogens is 1. The van der Waals surface area contributed by atoms with Crippen LogP contribution in [-0.4, -0.2) is 44.0 Å². The van der Waals surface area contributed by atoms with Crippen LogP contribution in [0.15, 0.2) is 83.8 Å². The van der Waals surface area contributed by atoms with E-state index in [4.69, 9.17) is 15.2 Å². The SMILES string of the molecule is COc1ccc2c(Oc3ccc(NC(=O)c4c(C)n(C[C@H](C)[C@](C)(N)C(=O)O)n(-c5ccccc5)c4=O)cc3F)ccnc2c1. The van der Waals surface area contributed by atoms with Crippen molar-refractivity contribution in [2.75, 3.05) is 12.4 Å². The maximum Gasteiger partial charge on any atom is 0.323 e. The molecule has 5 rings (SSSR count). The van der Waals surface area contributed by atoms with E-state index in [0.717, 1.165) is 6.07 Å². The lowest BCUT2D eigenvalue weighted by atomic mass is 9.88. The van der Waals surface area contributed by atoms with E-state index in [-0.39, 0.29) is 29.2 Å². The fraction of sp³-hybridized carbons (Fsp3) is 0.212. The van der Waals surface area contributed by atoms with Crippen LogP contribution in [0.4, 0.5) is 10.1 Å². The van der Waals surface area contributed by atoms with Gasteiger partial charge >= 0.3 is 5.97 Å². The van der Waals surface area contributed by atoms with Crippen molar-refractivity contribution in [2.24, 2.45) is 11.7 Å². The van der Waals surface area contributed by atoms with Crippen molar-refractivity contribution < 1.29 is 28.6 Å². The first-order valence-corrected chi connectivity index (χ1v) is 14.0. The molecule has 0 radical (unpaired) electrons. The number of hydrogen-bond donors (Lipinski definition) is 3. The number of aliphatic carboxylic acids is 1. The topological polar surface area (TPSA) is 151 Å². The number of anilines is 1. The number of carboxylic acids is 1. The maximum absolute atomic E-state index is 15.2. The summed E-state index contributed by atoms with van der Waals surface area (Å²) in [6.45, 7) is 4.67. The third-order valence-electron chi connectivity index (χ3n) is 7.88. The van der Waals surface area contributed by atoms with E-state index in [1.54, 1.807) is 75.6 Å².